The summed E-state index contributed by atoms with van der Waals surface area (Å²) in [4.78, 5) is 13.4. The van der Waals surface area contributed by atoms with Crippen molar-refractivity contribution in [3.05, 3.63) is 29.8 Å². The van der Waals surface area contributed by atoms with Crippen molar-refractivity contribution in [2.75, 3.05) is 18.0 Å². The molecule has 1 aromatic rings. The summed E-state index contributed by atoms with van der Waals surface area (Å²) in [5.41, 5.74) is 2.99. The van der Waals surface area contributed by atoms with Crippen molar-refractivity contribution >= 4 is 11.6 Å². The van der Waals surface area contributed by atoms with Gasteiger partial charge in [-0.05, 0) is 26.0 Å². The number of nitrogens with one attached hydrogen (secondary N) is 1. The number of rotatable bonds is 4. The third kappa shape index (κ3) is 2.47. The van der Waals surface area contributed by atoms with E-state index < -0.39 is 5.91 Å². The summed E-state index contributed by atoms with van der Waals surface area (Å²) in [6.07, 6.45) is 0. The normalized spacial score (nSPS) is 9.80. The van der Waals surface area contributed by atoms with E-state index in [0.717, 1.165) is 18.8 Å². The van der Waals surface area contributed by atoms with Crippen LogP contribution < -0.4 is 10.4 Å². The second-order valence-electron chi connectivity index (χ2n) is 3.13. The van der Waals surface area contributed by atoms with Gasteiger partial charge in [0.1, 0.15) is 0 Å². The summed E-state index contributed by atoms with van der Waals surface area (Å²) in [5.74, 6) is -0.475. The molecule has 1 amide bonds. The number of hydrogen-bond acceptors (Lipinski definition) is 3. The van der Waals surface area contributed by atoms with Crippen molar-refractivity contribution in [2.45, 2.75) is 13.8 Å². The highest BCUT2D eigenvalue weighted by Crippen LogP contribution is 2.19. The Bertz CT molecular complexity index is 335. The zero-order valence-corrected chi connectivity index (χ0v) is 9.03. The number of carbonyl (C=O) groups is 1. The Hall–Kier alpha value is -1.55. The lowest BCUT2D eigenvalue weighted by Gasteiger charge is -2.23. The van der Waals surface area contributed by atoms with E-state index in [1.54, 1.807) is 17.6 Å². The topological polar surface area (TPSA) is 52.6 Å². The Morgan fingerprint density at radius 3 is 2.47 bits per heavy atom. The molecule has 0 heterocycles. The maximum Gasteiger partial charge on any atom is 0.276 e. The van der Waals surface area contributed by atoms with Crippen molar-refractivity contribution < 1.29 is 10.0 Å². The molecule has 15 heavy (non-hydrogen) atoms. The molecule has 0 aliphatic rings. The Morgan fingerprint density at radius 2 is 1.93 bits per heavy atom. The van der Waals surface area contributed by atoms with Gasteiger partial charge in [0.25, 0.3) is 5.91 Å². The van der Waals surface area contributed by atoms with E-state index >= 15 is 0 Å². The van der Waals surface area contributed by atoms with Gasteiger partial charge < -0.3 is 4.90 Å². The molecule has 82 valence electrons. The molecular weight excluding hydrogens is 192 g/mol. The Kier molecular flexibility index (Phi) is 4.12. The van der Waals surface area contributed by atoms with E-state index in [4.69, 9.17) is 5.21 Å². The number of carbonyl (C=O) groups excluding carboxylic acids is 1. The molecule has 1 aromatic carbocycles. The average molecular weight is 208 g/mol. The number of anilines is 1. The summed E-state index contributed by atoms with van der Waals surface area (Å²) in [6.45, 7) is 5.70. The van der Waals surface area contributed by atoms with Crippen molar-refractivity contribution in [3.63, 3.8) is 0 Å². The minimum absolute atomic E-state index is 0.475. The van der Waals surface area contributed by atoms with Crippen LogP contribution in [0.2, 0.25) is 0 Å². The molecule has 0 bridgehead atoms. The highest BCUT2D eigenvalue weighted by atomic mass is 16.5. The van der Waals surface area contributed by atoms with E-state index in [1.165, 1.54) is 0 Å². The van der Waals surface area contributed by atoms with Crippen LogP contribution in [0.1, 0.15) is 24.2 Å². The fourth-order valence-electron chi connectivity index (χ4n) is 1.57. The molecule has 0 saturated carbocycles. The number of nitrogens with zero attached hydrogens (tertiary/aromatic N) is 1. The van der Waals surface area contributed by atoms with Crippen molar-refractivity contribution in [2.24, 2.45) is 0 Å². The average Bonchev–Trinajstić information content (AvgIpc) is 2.30. The van der Waals surface area contributed by atoms with E-state index in [-0.39, 0.29) is 0 Å². The maximum absolute atomic E-state index is 11.4. The first-order valence-electron chi connectivity index (χ1n) is 5.03. The molecule has 0 spiro atoms. The number of benzene rings is 1. The molecule has 2 N–H and O–H groups in total. The van der Waals surface area contributed by atoms with Gasteiger partial charge >= 0.3 is 0 Å². The van der Waals surface area contributed by atoms with Crippen LogP contribution in [-0.4, -0.2) is 24.2 Å². The van der Waals surface area contributed by atoms with Gasteiger partial charge in [0.15, 0.2) is 0 Å². The molecular formula is C11H16N2O2. The van der Waals surface area contributed by atoms with Crippen LogP contribution in [0.15, 0.2) is 24.3 Å². The number of para-hydroxylation sites is 1. The van der Waals surface area contributed by atoms with Gasteiger partial charge in [0, 0.05) is 18.8 Å². The van der Waals surface area contributed by atoms with E-state index in [2.05, 4.69) is 4.90 Å². The van der Waals surface area contributed by atoms with Crippen molar-refractivity contribution in [1.29, 1.82) is 0 Å². The van der Waals surface area contributed by atoms with Gasteiger partial charge in [-0.1, -0.05) is 12.1 Å². The molecule has 0 unspecified atom stereocenters. The molecule has 4 heteroatoms. The molecule has 0 aromatic heterocycles. The largest absolute Gasteiger partial charge is 0.371 e. The number of hydrogen-bond donors (Lipinski definition) is 2. The van der Waals surface area contributed by atoms with Gasteiger partial charge in [0.2, 0.25) is 0 Å². The fourth-order valence-corrected chi connectivity index (χ4v) is 1.57. The van der Waals surface area contributed by atoms with Crippen LogP contribution in [0.3, 0.4) is 0 Å². The Morgan fingerprint density at radius 1 is 1.33 bits per heavy atom. The maximum atomic E-state index is 11.4. The second kappa shape index (κ2) is 5.36. The summed E-state index contributed by atoms with van der Waals surface area (Å²) in [6, 6.07) is 7.22. The highest BCUT2D eigenvalue weighted by Gasteiger charge is 2.13. The van der Waals surface area contributed by atoms with Crippen LogP contribution in [0.5, 0.6) is 0 Å². The second-order valence-corrected chi connectivity index (χ2v) is 3.13. The third-order valence-electron chi connectivity index (χ3n) is 2.35. The number of amides is 1. The molecule has 0 fully saturated rings. The minimum atomic E-state index is -0.475. The first-order chi connectivity index (χ1) is 7.24. The number of hydroxylamine groups is 1. The first kappa shape index (κ1) is 11.5. The lowest BCUT2D eigenvalue weighted by molar-refractivity contribution is 0.0707. The molecule has 1 rings (SSSR count). The smallest absolute Gasteiger partial charge is 0.276 e. The molecule has 4 nitrogen and oxygen atoms in total. The Balaban J connectivity index is 3.10. The zero-order chi connectivity index (χ0) is 11.3. The quantitative estimate of drug-likeness (QED) is 0.584. The van der Waals surface area contributed by atoms with Crippen LogP contribution in [0.25, 0.3) is 0 Å². The lowest BCUT2D eigenvalue weighted by Crippen LogP contribution is -2.27. The molecule has 0 saturated heterocycles. The summed E-state index contributed by atoms with van der Waals surface area (Å²) >= 11 is 0. The van der Waals surface area contributed by atoms with E-state index in [9.17, 15) is 4.79 Å². The summed E-state index contributed by atoms with van der Waals surface area (Å²) in [7, 11) is 0. The predicted molar refractivity (Wildman–Crippen MR) is 59.3 cm³/mol. The monoisotopic (exact) mass is 208 g/mol. The van der Waals surface area contributed by atoms with Crippen LogP contribution in [0, 0.1) is 0 Å². The van der Waals surface area contributed by atoms with Crippen LogP contribution >= 0.6 is 0 Å². The highest BCUT2D eigenvalue weighted by molar-refractivity contribution is 5.99. The van der Waals surface area contributed by atoms with Crippen LogP contribution in [0.4, 0.5) is 5.69 Å². The van der Waals surface area contributed by atoms with Crippen molar-refractivity contribution in [3.8, 4) is 0 Å². The SMILES string of the molecule is CCN(CC)c1ccccc1C(=O)NO. The van der Waals surface area contributed by atoms with Gasteiger partial charge in [-0.15, -0.1) is 0 Å². The Labute approximate surface area is 89.5 Å². The minimum Gasteiger partial charge on any atom is -0.371 e. The van der Waals surface area contributed by atoms with Gasteiger partial charge in [0.05, 0.1) is 5.56 Å². The van der Waals surface area contributed by atoms with Gasteiger partial charge in [-0.25, -0.2) is 5.48 Å². The summed E-state index contributed by atoms with van der Waals surface area (Å²) in [5, 5.41) is 8.62. The first-order valence-corrected chi connectivity index (χ1v) is 5.03. The zero-order valence-electron chi connectivity index (χ0n) is 9.03. The molecule has 0 aliphatic carbocycles. The van der Waals surface area contributed by atoms with Crippen LogP contribution in [-0.2, 0) is 0 Å². The molecule has 0 aliphatic heterocycles. The van der Waals surface area contributed by atoms with E-state index in [1.807, 2.05) is 26.0 Å². The standard InChI is InChI=1S/C11H16N2O2/c1-3-13(4-2)10-8-6-5-7-9(10)11(14)12-15/h5-8,15H,3-4H2,1-2H3,(H,12,14). The lowest BCUT2D eigenvalue weighted by atomic mass is 10.1. The molecule has 0 atom stereocenters. The molecule has 0 radical (unpaired) electrons. The fraction of sp³-hybridized carbons (Fsp3) is 0.364. The third-order valence-corrected chi connectivity index (χ3v) is 2.35. The van der Waals surface area contributed by atoms with E-state index in [0.29, 0.717) is 5.56 Å². The van der Waals surface area contributed by atoms with Crippen molar-refractivity contribution in [1.82, 2.24) is 5.48 Å². The summed E-state index contributed by atoms with van der Waals surface area (Å²) < 4.78 is 0. The predicted octanol–water partition coefficient (Wildman–Crippen LogP) is 1.65. The van der Waals surface area contributed by atoms with Gasteiger partial charge in [-0.3, -0.25) is 10.0 Å². The van der Waals surface area contributed by atoms with Gasteiger partial charge in [-0.2, -0.15) is 0 Å².